The maximum absolute atomic E-state index is 5.77. The van der Waals surface area contributed by atoms with E-state index in [-0.39, 0.29) is 6.04 Å². The molecule has 20 heavy (non-hydrogen) atoms. The molecular formula is C16H21N3O. The van der Waals surface area contributed by atoms with Gasteiger partial charge in [0.05, 0.1) is 0 Å². The van der Waals surface area contributed by atoms with Crippen LogP contribution in [0.1, 0.15) is 12.5 Å². The zero-order valence-corrected chi connectivity index (χ0v) is 12.2. The standard InChI is InChI=1S/C16H21N3O/c1-12(17)9-13-7-8-16(18-11-13)20-15-6-4-5-14(10-15)19(2)3/h4-8,10-12H,9,17H2,1-3H3. The fourth-order valence-corrected chi connectivity index (χ4v) is 1.91. The van der Waals surface area contributed by atoms with Crippen LogP contribution in [0.15, 0.2) is 42.6 Å². The van der Waals surface area contributed by atoms with Crippen LogP contribution in [0, 0.1) is 0 Å². The first kappa shape index (κ1) is 14.3. The highest BCUT2D eigenvalue weighted by atomic mass is 16.5. The van der Waals surface area contributed by atoms with Crippen molar-refractivity contribution in [3.8, 4) is 11.6 Å². The summed E-state index contributed by atoms with van der Waals surface area (Å²) >= 11 is 0. The molecule has 2 rings (SSSR count). The lowest BCUT2D eigenvalue weighted by molar-refractivity contribution is 0.462. The van der Waals surface area contributed by atoms with Crippen molar-refractivity contribution in [3.05, 3.63) is 48.2 Å². The smallest absolute Gasteiger partial charge is 0.219 e. The number of hydrogen-bond acceptors (Lipinski definition) is 4. The molecule has 0 aliphatic carbocycles. The number of ether oxygens (including phenoxy) is 1. The lowest BCUT2D eigenvalue weighted by Gasteiger charge is -2.13. The highest BCUT2D eigenvalue weighted by molar-refractivity contribution is 5.50. The summed E-state index contributed by atoms with van der Waals surface area (Å²) in [6, 6.07) is 11.9. The van der Waals surface area contributed by atoms with Crippen LogP contribution in [-0.2, 0) is 6.42 Å². The Balaban J connectivity index is 2.08. The normalized spacial score (nSPS) is 12.0. The van der Waals surface area contributed by atoms with Gasteiger partial charge in [0.15, 0.2) is 0 Å². The van der Waals surface area contributed by atoms with Crippen molar-refractivity contribution >= 4 is 5.69 Å². The van der Waals surface area contributed by atoms with Crippen molar-refractivity contribution in [2.24, 2.45) is 5.73 Å². The molecule has 1 atom stereocenters. The molecule has 0 aliphatic heterocycles. The van der Waals surface area contributed by atoms with E-state index in [0.717, 1.165) is 23.4 Å². The van der Waals surface area contributed by atoms with Crippen molar-refractivity contribution in [2.45, 2.75) is 19.4 Å². The number of rotatable bonds is 5. The van der Waals surface area contributed by atoms with Gasteiger partial charge in [-0.25, -0.2) is 4.98 Å². The molecule has 1 unspecified atom stereocenters. The number of benzene rings is 1. The number of nitrogens with two attached hydrogens (primary N) is 1. The van der Waals surface area contributed by atoms with Crippen LogP contribution < -0.4 is 15.4 Å². The lowest BCUT2D eigenvalue weighted by atomic mass is 10.1. The summed E-state index contributed by atoms with van der Waals surface area (Å²) in [7, 11) is 4.00. The predicted octanol–water partition coefficient (Wildman–Crippen LogP) is 2.83. The summed E-state index contributed by atoms with van der Waals surface area (Å²) in [5.74, 6) is 1.37. The fourth-order valence-electron chi connectivity index (χ4n) is 1.91. The Labute approximate surface area is 120 Å². The van der Waals surface area contributed by atoms with Gasteiger partial charge in [0.2, 0.25) is 5.88 Å². The summed E-state index contributed by atoms with van der Waals surface area (Å²) in [6.07, 6.45) is 2.64. The average Bonchev–Trinajstić information content (AvgIpc) is 2.41. The molecule has 0 saturated heterocycles. The molecule has 0 aliphatic rings. The monoisotopic (exact) mass is 271 g/mol. The number of hydrogen-bond donors (Lipinski definition) is 1. The summed E-state index contributed by atoms with van der Waals surface area (Å²) in [5, 5.41) is 0. The first-order valence-electron chi connectivity index (χ1n) is 6.70. The number of anilines is 1. The van der Waals surface area contributed by atoms with Crippen molar-refractivity contribution in [3.63, 3.8) is 0 Å². The van der Waals surface area contributed by atoms with E-state index in [0.29, 0.717) is 5.88 Å². The van der Waals surface area contributed by atoms with E-state index in [4.69, 9.17) is 10.5 Å². The molecular weight excluding hydrogens is 250 g/mol. The third kappa shape index (κ3) is 3.96. The van der Waals surface area contributed by atoms with Gasteiger partial charge >= 0.3 is 0 Å². The third-order valence-electron chi connectivity index (χ3n) is 2.91. The maximum atomic E-state index is 5.77. The molecule has 2 aromatic rings. The molecule has 1 heterocycles. The van der Waals surface area contributed by atoms with Crippen LogP contribution in [0.3, 0.4) is 0 Å². The summed E-state index contributed by atoms with van der Waals surface area (Å²) in [4.78, 5) is 6.34. The van der Waals surface area contributed by atoms with E-state index in [1.807, 2.05) is 68.5 Å². The minimum absolute atomic E-state index is 0.139. The lowest BCUT2D eigenvalue weighted by Crippen LogP contribution is -2.17. The van der Waals surface area contributed by atoms with Crippen LogP contribution in [0.25, 0.3) is 0 Å². The number of aromatic nitrogens is 1. The van der Waals surface area contributed by atoms with E-state index in [1.54, 1.807) is 0 Å². The zero-order valence-electron chi connectivity index (χ0n) is 12.2. The molecule has 0 bridgehead atoms. The Hall–Kier alpha value is -2.07. The number of pyridine rings is 1. The van der Waals surface area contributed by atoms with Crippen LogP contribution in [0.2, 0.25) is 0 Å². The van der Waals surface area contributed by atoms with Gasteiger partial charge in [-0.3, -0.25) is 0 Å². The second-order valence-corrected chi connectivity index (χ2v) is 5.18. The first-order valence-corrected chi connectivity index (χ1v) is 6.70. The van der Waals surface area contributed by atoms with Gasteiger partial charge < -0.3 is 15.4 Å². The van der Waals surface area contributed by atoms with E-state index in [2.05, 4.69) is 4.98 Å². The minimum atomic E-state index is 0.139. The molecule has 0 radical (unpaired) electrons. The molecule has 1 aromatic carbocycles. The van der Waals surface area contributed by atoms with Gasteiger partial charge in [-0.1, -0.05) is 12.1 Å². The summed E-state index contributed by atoms with van der Waals surface area (Å²) < 4.78 is 5.76. The molecule has 0 spiro atoms. The van der Waals surface area contributed by atoms with E-state index < -0.39 is 0 Å². The van der Waals surface area contributed by atoms with Crippen molar-refractivity contribution in [2.75, 3.05) is 19.0 Å². The predicted molar refractivity (Wildman–Crippen MR) is 82.4 cm³/mol. The van der Waals surface area contributed by atoms with Gasteiger partial charge in [0.1, 0.15) is 5.75 Å². The topological polar surface area (TPSA) is 51.4 Å². The van der Waals surface area contributed by atoms with E-state index >= 15 is 0 Å². The Morgan fingerprint density at radius 2 is 2.05 bits per heavy atom. The van der Waals surface area contributed by atoms with E-state index in [9.17, 15) is 0 Å². The maximum Gasteiger partial charge on any atom is 0.219 e. The second-order valence-electron chi connectivity index (χ2n) is 5.18. The number of nitrogens with zero attached hydrogens (tertiary/aromatic N) is 2. The van der Waals surface area contributed by atoms with Gasteiger partial charge in [0, 0.05) is 44.2 Å². The Bertz CT molecular complexity index is 550. The Morgan fingerprint density at radius 3 is 2.65 bits per heavy atom. The Morgan fingerprint density at radius 1 is 1.25 bits per heavy atom. The van der Waals surface area contributed by atoms with Crippen LogP contribution in [0.4, 0.5) is 5.69 Å². The quantitative estimate of drug-likeness (QED) is 0.908. The molecule has 0 fully saturated rings. The van der Waals surface area contributed by atoms with Crippen molar-refractivity contribution in [1.82, 2.24) is 4.98 Å². The van der Waals surface area contributed by atoms with Crippen molar-refractivity contribution in [1.29, 1.82) is 0 Å². The molecule has 0 saturated carbocycles. The van der Waals surface area contributed by atoms with Crippen LogP contribution >= 0.6 is 0 Å². The second kappa shape index (κ2) is 6.39. The summed E-state index contributed by atoms with van der Waals surface area (Å²) in [5.41, 5.74) is 7.98. The largest absolute Gasteiger partial charge is 0.439 e. The highest BCUT2D eigenvalue weighted by Gasteiger charge is 2.03. The van der Waals surface area contributed by atoms with E-state index in [1.165, 1.54) is 0 Å². The molecule has 0 amide bonds. The molecule has 106 valence electrons. The summed E-state index contributed by atoms with van der Waals surface area (Å²) in [6.45, 7) is 1.98. The van der Waals surface area contributed by atoms with Gasteiger partial charge in [0.25, 0.3) is 0 Å². The van der Waals surface area contributed by atoms with Crippen LogP contribution in [-0.4, -0.2) is 25.1 Å². The van der Waals surface area contributed by atoms with Gasteiger partial charge in [-0.2, -0.15) is 0 Å². The molecule has 4 nitrogen and oxygen atoms in total. The highest BCUT2D eigenvalue weighted by Crippen LogP contribution is 2.24. The van der Waals surface area contributed by atoms with Gasteiger partial charge in [-0.15, -0.1) is 0 Å². The van der Waals surface area contributed by atoms with Crippen molar-refractivity contribution < 1.29 is 4.74 Å². The average molecular weight is 271 g/mol. The minimum Gasteiger partial charge on any atom is -0.439 e. The molecule has 2 N–H and O–H groups in total. The molecule has 4 heteroatoms. The SMILES string of the molecule is CC(N)Cc1ccc(Oc2cccc(N(C)C)c2)nc1. The fraction of sp³-hybridized carbons (Fsp3) is 0.312. The zero-order chi connectivity index (χ0) is 14.5. The van der Waals surface area contributed by atoms with Crippen LogP contribution in [0.5, 0.6) is 11.6 Å². The Kier molecular flexibility index (Phi) is 4.58. The molecule has 1 aromatic heterocycles. The van der Waals surface area contributed by atoms with Gasteiger partial charge in [-0.05, 0) is 31.0 Å². The first-order chi connectivity index (χ1) is 9.54. The third-order valence-corrected chi connectivity index (χ3v) is 2.91.